The van der Waals surface area contributed by atoms with Crippen LogP contribution in [0.25, 0.3) is 0 Å². The first-order chi connectivity index (χ1) is 0. The Bertz CT molecular complexity index is 15.5. The van der Waals surface area contributed by atoms with Crippen molar-refractivity contribution in [2.45, 2.75) is 0 Å². The van der Waals surface area contributed by atoms with Crippen LogP contribution in [0.5, 0.6) is 0 Å². The monoisotopic (exact) mass is 938 g/mol. The SMILES string of the molecule is [Er].[Ho].[Lu].[Tm].[Y].[Yb]. The molecule has 6 heteroatoms. The molecule has 0 bridgehead atoms. The molecule has 0 rings (SSSR count). The van der Waals surface area contributed by atoms with Crippen molar-refractivity contribution in [1.82, 2.24) is 0 Å². The van der Waals surface area contributed by atoms with Crippen molar-refractivity contribution in [1.29, 1.82) is 0 Å². The zero-order valence-electron chi connectivity index (χ0n) is 1.97. The molecule has 0 fully saturated rings. The first kappa shape index (κ1) is 37.4. The van der Waals surface area contributed by atoms with Crippen molar-refractivity contribution < 1.29 is 228 Å². The van der Waals surface area contributed by atoms with Crippen LogP contribution in [0.2, 0.25) is 0 Å². The molecule has 0 aliphatic heterocycles. The molecule has 0 amide bonds. The topological polar surface area (TPSA) is 0 Å². The average molecular weight is 938 g/mol. The molecule has 0 aromatic carbocycles. The number of hydrogen-bond acceptors (Lipinski definition) is 0. The van der Waals surface area contributed by atoms with Gasteiger partial charge in [0.2, 0.25) is 0 Å². The van der Waals surface area contributed by atoms with Gasteiger partial charge in [-0.2, -0.15) is 0 Å². The first-order valence-electron chi connectivity index (χ1n) is 0. The minimum atomic E-state index is 0. The molecule has 0 aromatic heterocycles. The van der Waals surface area contributed by atoms with Crippen LogP contribution in [0, 0.1) is 196 Å². The second-order valence-corrected chi connectivity index (χ2v) is 0. The molecule has 0 aliphatic rings. The third-order valence-corrected chi connectivity index (χ3v) is 0. The van der Waals surface area contributed by atoms with Gasteiger partial charge in [0.25, 0.3) is 0 Å². The van der Waals surface area contributed by atoms with E-state index in [2.05, 4.69) is 0 Å². The van der Waals surface area contributed by atoms with E-state index in [4.69, 9.17) is 0 Å². The summed E-state index contributed by atoms with van der Waals surface area (Å²) in [4.78, 5) is 0. The quantitative estimate of drug-likeness (QED) is 0.301. The third kappa shape index (κ3) is 22.6. The molecule has 0 aromatic rings. The van der Waals surface area contributed by atoms with E-state index in [-0.39, 0.29) is 228 Å². The van der Waals surface area contributed by atoms with Crippen LogP contribution < -0.4 is 0 Å². The molecule has 0 saturated carbocycles. The van der Waals surface area contributed by atoms with Gasteiger partial charge in [0, 0.05) is 228 Å². The van der Waals surface area contributed by atoms with E-state index in [1.807, 2.05) is 0 Å². The van der Waals surface area contributed by atoms with E-state index in [1.54, 1.807) is 0 Å². The normalized spacial score (nSPS) is 0. The Hall–Kier alpha value is 7.60. The van der Waals surface area contributed by atoms with Gasteiger partial charge < -0.3 is 0 Å². The van der Waals surface area contributed by atoms with E-state index >= 15 is 0 Å². The predicted molar refractivity (Wildman–Crippen MR) is 0 cm³/mol. The molecule has 68 valence electrons. The van der Waals surface area contributed by atoms with Gasteiger partial charge in [0.15, 0.2) is 0 Å². The molecular formula is ErHoLuTmYYb. The van der Waals surface area contributed by atoms with E-state index in [9.17, 15) is 0 Å². The summed E-state index contributed by atoms with van der Waals surface area (Å²) in [7, 11) is 0. The minimum absolute atomic E-state index is 0. The Kier molecular flexibility index (Phi) is 183. The fourth-order valence-corrected chi connectivity index (χ4v) is 0. The second kappa shape index (κ2) is 29.4. The largest absolute Gasteiger partial charge is 0 e. The van der Waals surface area contributed by atoms with Crippen molar-refractivity contribution in [2.24, 2.45) is 0 Å². The van der Waals surface area contributed by atoms with Crippen molar-refractivity contribution in [3.05, 3.63) is 0 Å². The first-order valence-corrected chi connectivity index (χ1v) is 0. The van der Waals surface area contributed by atoms with Crippen molar-refractivity contribution in [2.75, 3.05) is 0 Å². The zero-order chi connectivity index (χ0) is 0. The molecular weight excluding hydrogens is 938 g/mol. The summed E-state index contributed by atoms with van der Waals surface area (Å²) in [5.41, 5.74) is 0. The van der Waals surface area contributed by atoms with Gasteiger partial charge in [-0.3, -0.25) is 0 Å². The summed E-state index contributed by atoms with van der Waals surface area (Å²) in [6, 6.07) is 0. The minimum Gasteiger partial charge on any atom is 0 e. The van der Waals surface area contributed by atoms with Gasteiger partial charge in [-0.1, -0.05) is 0 Å². The molecule has 4 radical (unpaired) electrons. The third-order valence-electron chi connectivity index (χ3n) is 0. The molecule has 0 saturated heterocycles. The van der Waals surface area contributed by atoms with Crippen molar-refractivity contribution in [3.63, 3.8) is 0 Å². The van der Waals surface area contributed by atoms with E-state index < -0.39 is 0 Å². The van der Waals surface area contributed by atoms with E-state index in [1.165, 1.54) is 0 Å². The van der Waals surface area contributed by atoms with Gasteiger partial charge in [-0.25, -0.2) is 0 Å². The standard InChI is InChI=1S/Er.Ho.Lu.Tm.Y.Yb. The molecule has 0 atom stereocenters. The summed E-state index contributed by atoms with van der Waals surface area (Å²) >= 11 is 0. The zero-order valence-corrected chi connectivity index (χ0v) is 13.7. The Morgan fingerprint density at radius 1 is 1.00 bits per heavy atom. The molecule has 0 heterocycles. The molecule has 0 N–H and O–H groups in total. The van der Waals surface area contributed by atoms with Crippen molar-refractivity contribution >= 4 is 0 Å². The fraction of sp³-hybridized carbons (Fsp3) is 0. The maximum atomic E-state index is 0. The number of hydrogen-bond donors (Lipinski definition) is 0. The van der Waals surface area contributed by atoms with Crippen LogP contribution in [0.4, 0.5) is 0 Å². The van der Waals surface area contributed by atoms with Gasteiger partial charge >= 0.3 is 0 Å². The van der Waals surface area contributed by atoms with E-state index in [0.29, 0.717) is 0 Å². The Morgan fingerprint density at radius 2 is 1.00 bits per heavy atom. The maximum Gasteiger partial charge on any atom is 0 e. The summed E-state index contributed by atoms with van der Waals surface area (Å²) in [5.74, 6) is 0. The summed E-state index contributed by atoms with van der Waals surface area (Å²) in [5, 5.41) is 0. The number of rotatable bonds is 0. The van der Waals surface area contributed by atoms with Crippen LogP contribution >= 0.6 is 0 Å². The van der Waals surface area contributed by atoms with Gasteiger partial charge in [-0.05, 0) is 0 Å². The fourth-order valence-electron chi connectivity index (χ4n) is 0. The van der Waals surface area contributed by atoms with E-state index in [0.717, 1.165) is 0 Å². The Balaban J connectivity index is 0. The molecule has 0 unspecified atom stereocenters. The van der Waals surface area contributed by atoms with Crippen LogP contribution in [0.15, 0.2) is 0 Å². The Morgan fingerprint density at radius 3 is 1.00 bits per heavy atom. The predicted octanol–water partition coefficient (Wildman–Crippen LogP) is -0.00250. The average Bonchev–Trinajstić information content (AvgIpc) is 0. The van der Waals surface area contributed by atoms with Crippen LogP contribution in [-0.4, -0.2) is 0 Å². The van der Waals surface area contributed by atoms with Gasteiger partial charge in [-0.15, -0.1) is 0 Å². The summed E-state index contributed by atoms with van der Waals surface area (Å²) in [6.45, 7) is 0. The summed E-state index contributed by atoms with van der Waals surface area (Å²) < 4.78 is 0. The molecule has 0 spiro atoms. The molecule has 6 heavy (non-hydrogen) atoms. The smallest absolute Gasteiger partial charge is 0 e. The summed E-state index contributed by atoms with van der Waals surface area (Å²) in [6.07, 6.45) is 0. The van der Waals surface area contributed by atoms with Crippen LogP contribution in [0.1, 0.15) is 0 Å². The van der Waals surface area contributed by atoms with Crippen LogP contribution in [-0.2, 0) is 32.7 Å². The van der Waals surface area contributed by atoms with Crippen LogP contribution in [0.3, 0.4) is 0 Å². The Labute approximate surface area is 220 Å². The molecule has 0 nitrogen and oxygen atoms in total. The molecule has 0 aliphatic carbocycles. The van der Waals surface area contributed by atoms with Gasteiger partial charge in [0.05, 0.1) is 0 Å². The maximum absolute atomic E-state index is 0. The van der Waals surface area contributed by atoms with Crippen molar-refractivity contribution in [3.8, 4) is 0 Å². The second-order valence-electron chi connectivity index (χ2n) is 0. The van der Waals surface area contributed by atoms with Gasteiger partial charge in [0.1, 0.15) is 0 Å².